The molecule has 0 saturated carbocycles. The van der Waals surface area contributed by atoms with Gasteiger partial charge < -0.3 is 23.5 Å². The number of aryl methyl sites for hydroxylation is 3. The molecule has 0 amide bonds. The molecule has 0 radical (unpaired) electrons. The van der Waals surface area contributed by atoms with E-state index in [1.54, 1.807) is 18.2 Å². The number of fused-ring (bicyclic) bond motifs is 2. The molecule has 1 unspecified atom stereocenters. The molecule has 29 heavy (non-hydrogen) atoms. The van der Waals surface area contributed by atoms with Crippen molar-refractivity contribution in [1.29, 1.82) is 0 Å². The van der Waals surface area contributed by atoms with Crippen molar-refractivity contribution in [3.05, 3.63) is 63.6 Å². The van der Waals surface area contributed by atoms with Crippen LogP contribution in [-0.2, 0) is 0 Å². The minimum absolute atomic E-state index is 0.0338. The molecular weight excluding hydrogens is 374 g/mol. The van der Waals surface area contributed by atoms with Gasteiger partial charge in [-0.05, 0) is 50.6 Å². The monoisotopic (exact) mass is 395 g/mol. The predicted octanol–water partition coefficient (Wildman–Crippen LogP) is 3.68. The van der Waals surface area contributed by atoms with Crippen molar-refractivity contribution in [3.63, 3.8) is 0 Å². The van der Waals surface area contributed by atoms with Gasteiger partial charge in [0, 0.05) is 28.5 Å². The highest BCUT2D eigenvalue weighted by atomic mass is 16.5. The second kappa shape index (κ2) is 7.60. The Balaban J connectivity index is 1.40. The lowest BCUT2D eigenvalue weighted by Crippen LogP contribution is -2.25. The topological polar surface area (TPSA) is 94.9 Å². The minimum Gasteiger partial charge on any atom is -0.491 e. The molecule has 0 aliphatic rings. The van der Waals surface area contributed by atoms with Gasteiger partial charge in [0.1, 0.15) is 36.4 Å². The Morgan fingerprint density at radius 1 is 1.03 bits per heavy atom. The van der Waals surface area contributed by atoms with Crippen LogP contribution < -0.4 is 15.1 Å². The Morgan fingerprint density at radius 2 is 1.79 bits per heavy atom. The van der Waals surface area contributed by atoms with Gasteiger partial charge >= 0.3 is 5.63 Å². The van der Waals surface area contributed by atoms with Crippen molar-refractivity contribution in [2.75, 3.05) is 13.2 Å². The first-order valence-corrected chi connectivity index (χ1v) is 9.26. The largest absolute Gasteiger partial charge is 0.491 e. The SMILES string of the molecule is Cc1noc2cc(OCC(O)COc3ccc4c(C)cc(=O)oc4c3C)ccc12. The van der Waals surface area contributed by atoms with E-state index in [2.05, 4.69) is 5.16 Å². The lowest BCUT2D eigenvalue weighted by molar-refractivity contribution is 0.0624. The van der Waals surface area contributed by atoms with Crippen molar-refractivity contribution < 1.29 is 23.5 Å². The molecule has 150 valence electrons. The van der Waals surface area contributed by atoms with Crippen molar-refractivity contribution in [2.24, 2.45) is 0 Å². The van der Waals surface area contributed by atoms with Crippen LogP contribution in [0.1, 0.15) is 16.8 Å². The molecule has 7 heteroatoms. The van der Waals surface area contributed by atoms with E-state index in [0.29, 0.717) is 28.2 Å². The fourth-order valence-electron chi connectivity index (χ4n) is 3.22. The first-order chi connectivity index (χ1) is 13.9. The molecule has 1 atom stereocenters. The summed E-state index contributed by atoms with van der Waals surface area (Å²) in [6.07, 6.45) is -0.846. The van der Waals surface area contributed by atoms with E-state index in [0.717, 1.165) is 22.0 Å². The number of benzene rings is 2. The fourth-order valence-corrected chi connectivity index (χ4v) is 3.22. The minimum atomic E-state index is -0.846. The van der Waals surface area contributed by atoms with Crippen molar-refractivity contribution in [2.45, 2.75) is 26.9 Å². The van der Waals surface area contributed by atoms with Gasteiger partial charge in [-0.3, -0.25) is 0 Å². The van der Waals surface area contributed by atoms with Crippen LogP contribution in [0.5, 0.6) is 11.5 Å². The fraction of sp³-hybridized carbons (Fsp3) is 0.273. The third kappa shape index (κ3) is 3.82. The molecule has 2 heterocycles. The summed E-state index contributed by atoms with van der Waals surface area (Å²) in [5.41, 5.74) is 3.10. The van der Waals surface area contributed by atoms with Crippen LogP contribution in [0.25, 0.3) is 21.9 Å². The lowest BCUT2D eigenvalue weighted by Gasteiger charge is -2.15. The highest BCUT2D eigenvalue weighted by molar-refractivity contribution is 5.84. The average molecular weight is 395 g/mol. The quantitative estimate of drug-likeness (QED) is 0.498. The van der Waals surface area contributed by atoms with Gasteiger partial charge in [0.05, 0.1) is 5.69 Å². The number of aliphatic hydroxyl groups excluding tert-OH is 1. The van der Waals surface area contributed by atoms with Gasteiger partial charge in [-0.15, -0.1) is 0 Å². The molecule has 0 saturated heterocycles. The number of aromatic nitrogens is 1. The van der Waals surface area contributed by atoms with Gasteiger partial charge in [-0.1, -0.05) is 5.16 Å². The molecule has 0 aliphatic carbocycles. The molecule has 2 aromatic heterocycles. The van der Waals surface area contributed by atoms with E-state index in [9.17, 15) is 9.90 Å². The second-order valence-corrected chi connectivity index (χ2v) is 7.02. The number of nitrogens with zero attached hydrogens (tertiary/aromatic N) is 1. The van der Waals surface area contributed by atoms with Gasteiger partial charge in [0.2, 0.25) is 0 Å². The number of rotatable bonds is 6. The van der Waals surface area contributed by atoms with Crippen LogP contribution in [0, 0.1) is 20.8 Å². The maximum Gasteiger partial charge on any atom is 0.336 e. The second-order valence-electron chi connectivity index (χ2n) is 7.02. The summed E-state index contributed by atoms with van der Waals surface area (Å²) in [5, 5.41) is 15.9. The molecule has 2 aromatic carbocycles. The third-order valence-electron chi connectivity index (χ3n) is 4.82. The van der Waals surface area contributed by atoms with Crippen LogP contribution in [-0.4, -0.2) is 29.6 Å². The van der Waals surface area contributed by atoms with Crippen molar-refractivity contribution >= 4 is 21.9 Å². The maximum atomic E-state index is 11.7. The standard InChI is InChI=1S/C22H21NO6/c1-12-8-21(25)28-22-13(2)19(7-6-17(12)22)27-11-15(24)10-26-16-4-5-18-14(3)23-29-20(18)9-16/h4-9,15,24H,10-11H2,1-3H3. The summed E-state index contributed by atoms with van der Waals surface area (Å²) in [5.74, 6) is 1.12. The van der Waals surface area contributed by atoms with E-state index in [1.807, 2.05) is 32.9 Å². The lowest BCUT2D eigenvalue weighted by atomic mass is 10.1. The Kier molecular flexibility index (Phi) is 4.98. The highest BCUT2D eigenvalue weighted by Gasteiger charge is 2.13. The smallest absolute Gasteiger partial charge is 0.336 e. The Hall–Kier alpha value is -3.32. The molecule has 0 bridgehead atoms. The van der Waals surface area contributed by atoms with Gasteiger partial charge in [-0.2, -0.15) is 0 Å². The predicted molar refractivity (Wildman–Crippen MR) is 108 cm³/mol. The normalized spacial score (nSPS) is 12.4. The van der Waals surface area contributed by atoms with Gasteiger partial charge in [-0.25, -0.2) is 4.79 Å². The van der Waals surface area contributed by atoms with Gasteiger partial charge in [0.15, 0.2) is 5.58 Å². The molecule has 7 nitrogen and oxygen atoms in total. The molecule has 1 N–H and O–H groups in total. The molecule has 0 aliphatic heterocycles. The van der Waals surface area contributed by atoms with Crippen LogP contribution in [0.4, 0.5) is 0 Å². The third-order valence-corrected chi connectivity index (χ3v) is 4.82. The number of ether oxygens (including phenoxy) is 2. The summed E-state index contributed by atoms with van der Waals surface area (Å²) in [6, 6.07) is 10.5. The first kappa shape index (κ1) is 19.0. The number of hydrogen-bond donors (Lipinski definition) is 1. The van der Waals surface area contributed by atoms with Crippen LogP contribution in [0.3, 0.4) is 0 Å². The molecule has 4 aromatic rings. The Morgan fingerprint density at radius 3 is 2.62 bits per heavy atom. The summed E-state index contributed by atoms with van der Waals surface area (Å²) in [4.78, 5) is 11.7. The molecule has 0 spiro atoms. The Bertz CT molecular complexity index is 1240. The van der Waals surface area contributed by atoms with Crippen LogP contribution >= 0.6 is 0 Å². The highest BCUT2D eigenvalue weighted by Crippen LogP contribution is 2.28. The maximum absolute atomic E-state index is 11.7. The zero-order valence-electron chi connectivity index (χ0n) is 16.4. The molecule has 0 fully saturated rings. The molecular formula is C22H21NO6. The molecule has 4 rings (SSSR count). The van der Waals surface area contributed by atoms with Gasteiger partial charge in [0.25, 0.3) is 0 Å². The summed E-state index contributed by atoms with van der Waals surface area (Å²) < 4.78 is 21.9. The zero-order valence-corrected chi connectivity index (χ0v) is 16.4. The van der Waals surface area contributed by atoms with Crippen molar-refractivity contribution in [1.82, 2.24) is 5.16 Å². The van der Waals surface area contributed by atoms with E-state index >= 15 is 0 Å². The van der Waals surface area contributed by atoms with Crippen molar-refractivity contribution in [3.8, 4) is 11.5 Å². The number of aliphatic hydroxyl groups is 1. The number of hydrogen-bond acceptors (Lipinski definition) is 7. The summed E-state index contributed by atoms with van der Waals surface area (Å²) in [7, 11) is 0. The van der Waals surface area contributed by atoms with Crippen LogP contribution in [0.2, 0.25) is 0 Å². The zero-order chi connectivity index (χ0) is 20.5. The van der Waals surface area contributed by atoms with E-state index in [1.165, 1.54) is 6.07 Å². The van der Waals surface area contributed by atoms with E-state index in [-0.39, 0.29) is 13.2 Å². The average Bonchev–Trinajstić information content (AvgIpc) is 3.06. The van der Waals surface area contributed by atoms with E-state index in [4.69, 9.17) is 18.4 Å². The first-order valence-electron chi connectivity index (χ1n) is 9.26. The summed E-state index contributed by atoms with van der Waals surface area (Å²) >= 11 is 0. The van der Waals surface area contributed by atoms with E-state index < -0.39 is 11.7 Å². The summed E-state index contributed by atoms with van der Waals surface area (Å²) in [6.45, 7) is 5.63. The van der Waals surface area contributed by atoms with Crippen LogP contribution in [0.15, 0.2) is 50.1 Å². The Labute approximate surface area is 166 Å².